The molecule has 1 heterocycles. The molecule has 2 aromatic carbocycles. The van der Waals surface area contributed by atoms with E-state index < -0.39 is 11.3 Å². The summed E-state index contributed by atoms with van der Waals surface area (Å²) in [6.45, 7) is 0.366. The first kappa shape index (κ1) is 19.3. The number of amides is 1. The highest BCUT2D eigenvalue weighted by Crippen LogP contribution is 2.10. The van der Waals surface area contributed by atoms with Crippen LogP contribution >= 0.6 is 0 Å². The third-order valence-electron chi connectivity index (χ3n) is 3.94. The van der Waals surface area contributed by atoms with Gasteiger partial charge in [0.15, 0.2) is 5.76 Å². The summed E-state index contributed by atoms with van der Waals surface area (Å²) >= 11 is 0. The van der Waals surface area contributed by atoms with Gasteiger partial charge in [-0.05, 0) is 41.8 Å². The van der Waals surface area contributed by atoms with E-state index in [1.54, 1.807) is 24.3 Å². The van der Waals surface area contributed by atoms with E-state index in [0.29, 0.717) is 18.5 Å². The number of hydrogen-bond acceptors (Lipinski definition) is 4. The molecule has 0 unspecified atom stereocenters. The van der Waals surface area contributed by atoms with Crippen molar-refractivity contribution in [3.05, 3.63) is 99.6 Å². The molecule has 5 nitrogen and oxygen atoms in total. The third-order valence-corrected chi connectivity index (χ3v) is 3.94. The molecule has 1 N–H and O–H groups in total. The molecule has 28 heavy (non-hydrogen) atoms. The Morgan fingerprint density at radius 3 is 2.18 bits per heavy atom. The quantitative estimate of drug-likeness (QED) is 0.676. The number of nitrogens with one attached hydrogen (secondary N) is 1. The largest absolute Gasteiger partial charge is 0.482 e. The zero-order chi connectivity index (χ0) is 19.9. The minimum atomic E-state index is -0.538. The zero-order valence-corrected chi connectivity index (χ0v) is 14.8. The van der Waals surface area contributed by atoms with E-state index in [1.165, 1.54) is 24.3 Å². The molecule has 0 aliphatic carbocycles. The molecule has 1 amide bonds. The first-order valence-corrected chi connectivity index (χ1v) is 8.54. The van der Waals surface area contributed by atoms with Crippen molar-refractivity contribution in [1.82, 2.24) is 5.32 Å². The number of ether oxygens (including phenoxy) is 1. The van der Waals surface area contributed by atoms with E-state index in [2.05, 4.69) is 5.32 Å². The minimum Gasteiger partial charge on any atom is -0.482 e. The molecule has 0 atom stereocenters. The van der Waals surface area contributed by atoms with Crippen molar-refractivity contribution < 1.29 is 22.7 Å². The Kier molecular flexibility index (Phi) is 6.16. The molecule has 0 radical (unpaired) electrons. The lowest BCUT2D eigenvalue weighted by atomic mass is 10.1. The van der Waals surface area contributed by atoms with Crippen LogP contribution in [-0.2, 0) is 13.0 Å². The molecule has 0 saturated carbocycles. The van der Waals surface area contributed by atoms with E-state index >= 15 is 0 Å². The summed E-state index contributed by atoms with van der Waals surface area (Å²) < 4.78 is 36.3. The number of benzene rings is 2. The highest BCUT2D eigenvalue weighted by Gasteiger charge is 2.12. The van der Waals surface area contributed by atoms with Gasteiger partial charge in [-0.2, -0.15) is 0 Å². The fraction of sp³-hybridized carbons (Fsp3) is 0.143. The van der Waals surface area contributed by atoms with Crippen LogP contribution in [0.1, 0.15) is 21.7 Å². The van der Waals surface area contributed by atoms with Crippen molar-refractivity contribution in [1.29, 1.82) is 0 Å². The second kappa shape index (κ2) is 8.94. The van der Waals surface area contributed by atoms with E-state index in [4.69, 9.17) is 9.15 Å². The lowest BCUT2D eigenvalue weighted by Crippen LogP contribution is -2.26. The van der Waals surface area contributed by atoms with E-state index in [9.17, 15) is 18.4 Å². The zero-order valence-electron chi connectivity index (χ0n) is 14.8. The van der Waals surface area contributed by atoms with Crippen LogP contribution in [0.25, 0.3) is 0 Å². The van der Waals surface area contributed by atoms with Gasteiger partial charge in [-0.3, -0.25) is 9.59 Å². The Bertz CT molecular complexity index is 998. The van der Waals surface area contributed by atoms with Gasteiger partial charge in [-0.15, -0.1) is 0 Å². The van der Waals surface area contributed by atoms with Gasteiger partial charge in [0.2, 0.25) is 11.2 Å². The predicted molar refractivity (Wildman–Crippen MR) is 98.1 cm³/mol. The van der Waals surface area contributed by atoms with Crippen LogP contribution in [0.5, 0.6) is 5.75 Å². The van der Waals surface area contributed by atoms with Crippen molar-refractivity contribution in [2.24, 2.45) is 0 Å². The van der Waals surface area contributed by atoms with Crippen LogP contribution in [0.15, 0.2) is 70.1 Å². The van der Waals surface area contributed by atoms with Crippen molar-refractivity contribution in [3.63, 3.8) is 0 Å². The lowest BCUT2D eigenvalue weighted by molar-refractivity contribution is 0.0923. The molecular formula is C21H17F2NO4. The van der Waals surface area contributed by atoms with Crippen LogP contribution in [0, 0.1) is 11.6 Å². The summed E-state index contributed by atoms with van der Waals surface area (Å²) in [6, 6.07) is 12.7. The highest BCUT2D eigenvalue weighted by atomic mass is 19.1. The van der Waals surface area contributed by atoms with Crippen LogP contribution in [0.3, 0.4) is 0 Å². The summed E-state index contributed by atoms with van der Waals surface area (Å²) in [5, 5.41) is 2.63. The van der Waals surface area contributed by atoms with Crippen LogP contribution in [0.4, 0.5) is 8.78 Å². The van der Waals surface area contributed by atoms with E-state index in [1.807, 2.05) is 0 Å². The molecule has 0 saturated heterocycles. The van der Waals surface area contributed by atoms with Crippen molar-refractivity contribution in [2.45, 2.75) is 13.0 Å². The predicted octanol–water partition coefficient (Wildman–Crippen LogP) is 3.47. The number of carbonyl (C=O) groups is 1. The van der Waals surface area contributed by atoms with Gasteiger partial charge in [-0.1, -0.05) is 24.3 Å². The fourth-order valence-electron chi connectivity index (χ4n) is 2.42. The monoisotopic (exact) mass is 385 g/mol. The Morgan fingerprint density at radius 2 is 1.57 bits per heavy atom. The van der Waals surface area contributed by atoms with Gasteiger partial charge < -0.3 is 14.5 Å². The molecule has 3 rings (SSSR count). The number of hydrogen-bond donors (Lipinski definition) is 1. The molecule has 0 aliphatic rings. The maximum atomic E-state index is 12.9. The van der Waals surface area contributed by atoms with Crippen molar-refractivity contribution in [2.75, 3.05) is 6.54 Å². The smallest absolute Gasteiger partial charge is 0.287 e. The Morgan fingerprint density at radius 1 is 0.964 bits per heavy atom. The second-order valence-corrected chi connectivity index (χ2v) is 6.02. The SMILES string of the molecule is O=C(NCCc1ccc(F)cc1)c1cc(=O)c(OCc2ccc(F)cc2)co1. The van der Waals surface area contributed by atoms with Gasteiger partial charge in [0.25, 0.3) is 5.91 Å². The molecule has 3 aromatic rings. The van der Waals surface area contributed by atoms with Gasteiger partial charge in [0.1, 0.15) is 24.5 Å². The summed E-state index contributed by atoms with van der Waals surface area (Å²) in [5.74, 6) is -1.41. The van der Waals surface area contributed by atoms with Gasteiger partial charge >= 0.3 is 0 Å². The lowest BCUT2D eigenvalue weighted by Gasteiger charge is -2.07. The van der Waals surface area contributed by atoms with Crippen LogP contribution in [0.2, 0.25) is 0 Å². The van der Waals surface area contributed by atoms with Crippen LogP contribution < -0.4 is 15.5 Å². The molecule has 0 spiro atoms. The first-order chi connectivity index (χ1) is 13.5. The number of halogens is 2. The topological polar surface area (TPSA) is 68.5 Å². The Hall–Kier alpha value is -3.48. The molecule has 1 aromatic heterocycles. The van der Waals surface area contributed by atoms with Crippen molar-refractivity contribution in [3.8, 4) is 5.75 Å². The maximum absolute atomic E-state index is 12.9. The molecule has 0 aliphatic heterocycles. The summed E-state index contributed by atoms with van der Waals surface area (Å²) in [4.78, 5) is 24.2. The molecular weight excluding hydrogens is 368 g/mol. The van der Waals surface area contributed by atoms with Gasteiger partial charge in [0.05, 0.1) is 0 Å². The number of rotatable bonds is 7. The summed E-state index contributed by atoms with van der Waals surface area (Å²) in [7, 11) is 0. The standard InChI is InChI=1S/C21H17F2NO4/c22-16-5-1-14(2-6-16)9-10-24-21(26)19-11-18(25)20(13-28-19)27-12-15-3-7-17(23)8-4-15/h1-8,11,13H,9-10,12H2,(H,24,26). The van der Waals surface area contributed by atoms with Gasteiger partial charge in [-0.25, -0.2) is 8.78 Å². The molecule has 0 fully saturated rings. The van der Waals surface area contributed by atoms with Gasteiger partial charge in [0, 0.05) is 12.6 Å². The normalized spacial score (nSPS) is 10.5. The average molecular weight is 385 g/mol. The highest BCUT2D eigenvalue weighted by molar-refractivity contribution is 5.91. The summed E-state index contributed by atoms with van der Waals surface area (Å²) in [6.07, 6.45) is 1.58. The third kappa shape index (κ3) is 5.26. The molecule has 7 heteroatoms. The van der Waals surface area contributed by atoms with E-state index in [0.717, 1.165) is 17.9 Å². The second-order valence-electron chi connectivity index (χ2n) is 6.02. The molecule has 144 valence electrons. The molecule has 0 bridgehead atoms. The fourth-order valence-corrected chi connectivity index (χ4v) is 2.42. The minimum absolute atomic E-state index is 0.0489. The number of carbonyl (C=O) groups excluding carboxylic acids is 1. The average Bonchev–Trinajstić information content (AvgIpc) is 2.69. The Balaban J connectivity index is 1.53. The Labute approximate surface area is 159 Å². The van der Waals surface area contributed by atoms with Crippen LogP contribution in [-0.4, -0.2) is 12.5 Å². The first-order valence-electron chi connectivity index (χ1n) is 8.54. The van der Waals surface area contributed by atoms with E-state index in [-0.39, 0.29) is 29.8 Å². The van der Waals surface area contributed by atoms with Crippen molar-refractivity contribution >= 4 is 5.91 Å². The maximum Gasteiger partial charge on any atom is 0.287 e. The summed E-state index contributed by atoms with van der Waals surface area (Å²) in [5.41, 5.74) is 1.05.